The maximum atomic E-state index is 12.6. The minimum absolute atomic E-state index is 0.0627. The van der Waals surface area contributed by atoms with Crippen LogP contribution in [-0.2, 0) is 15.9 Å². The third-order valence-corrected chi connectivity index (χ3v) is 5.16. The fraction of sp³-hybridized carbons (Fsp3) is 0.238. The number of carbonyl (C=O) groups excluding carboxylic acids is 1. The first-order valence-corrected chi connectivity index (χ1v) is 8.85. The summed E-state index contributed by atoms with van der Waals surface area (Å²) >= 11 is 0. The van der Waals surface area contributed by atoms with Crippen molar-refractivity contribution in [3.05, 3.63) is 76.0 Å². The van der Waals surface area contributed by atoms with Gasteiger partial charge in [-0.05, 0) is 42.0 Å². The van der Waals surface area contributed by atoms with E-state index in [1.54, 1.807) is 7.11 Å². The SMILES string of the molecule is COc1ccc2c(c1)C/C(=C\c1cc(C3C=CC4=C(C3)OCO4)n[nH]1)C2=O. The van der Waals surface area contributed by atoms with E-state index in [9.17, 15) is 4.79 Å². The van der Waals surface area contributed by atoms with Crippen LogP contribution in [-0.4, -0.2) is 29.9 Å². The molecule has 27 heavy (non-hydrogen) atoms. The number of nitrogens with zero attached hydrogens (tertiary/aromatic N) is 1. The Kier molecular flexibility index (Phi) is 3.63. The van der Waals surface area contributed by atoms with Crippen molar-refractivity contribution < 1.29 is 19.0 Å². The molecule has 3 aliphatic rings. The van der Waals surface area contributed by atoms with Gasteiger partial charge in [0.05, 0.1) is 18.5 Å². The molecule has 6 nitrogen and oxygen atoms in total. The summed E-state index contributed by atoms with van der Waals surface area (Å²) in [5.41, 5.74) is 4.24. The molecule has 0 spiro atoms. The Morgan fingerprint density at radius 1 is 1.30 bits per heavy atom. The third kappa shape index (κ3) is 2.73. The number of aromatic amines is 1. The van der Waals surface area contributed by atoms with E-state index >= 15 is 0 Å². The zero-order valence-electron chi connectivity index (χ0n) is 14.8. The van der Waals surface area contributed by atoms with Crippen molar-refractivity contribution >= 4 is 11.9 Å². The summed E-state index contributed by atoms with van der Waals surface area (Å²) in [7, 11) is 1.63. The maximum Gasteiger partial charge on any atom is 0.230 e. The first kappa shape index (κ1) is 15.9. The summed E-state index contributed by atoms with van der Waals surface area (Å²) in [5, 5.41) is 7.46. The van der Waals surface area contributed by atoms with Gasteiger partial charge in [0.2, 0.25) is 6.79 Å². The molecule has 5 rings (SSSR count). The largest absolute Gasteiger partial charge is 0.497 e. The first-order chi connectivity index (χ1) is 13.2. The van der Waals surface area contributed by atoms with Crippen LogP contribution in [0.4, 0.5) is 0 Å². The van der Waals surface area contributed by atoms with Crippen molar-refractivity contribution in [2.24, 2.45) is 0 Å². The Labute approximate surface area is 156 Å². The Hall–Kier alpha value is -3.28. The molecule has 2 aromatic rings. The number of H-pyrrole nitrogens is 1. The van der Waals surface area contributed by atoms with E-state index in [-0.39, 0.29) is 18.5 Å². The van der Waals surface area contributed by atoms with Crippen LogP contribution in [0.25, 0.3) is 6.08 Å². The lowest BCUT2D eigenvalue weighted by Crippen LogP contribution is -2.03. The van der Waals surface area contributed by atoms with E-state index in [1.165, 1.54) is 0 Å². The van der Waals surface area contributed by atoms with E-state index in [0.29, 0.717) is 6.42 Å². The summed E-state index contributed by atoms with van der Waals surface area (Å²) in [6, 6.07) is 7.56. The van der Waals surface area contributed by atoms with E-state index in [2.05, 4.69) is 16.3 Å². The molecule has 1 unspecified atom stereocenters. The standard InChI is InChI=1S/C21H18N2O4/c1-25-16-3-4-17-13(8-16)6-14(21(17)24)7-15-10-18(23-22-15)12-2-5-19-20(9-12)27-11-26-19/h2-5,7-8,10,12H,6,9,11H2,1H3,(H,22,23)/b14-7+. The van der Waals surface area contributed by atoms with Crippen LogP contribution in [0.2, 0.25) is 0 Å². The van der Waals surface area contributed by atoms with Crippen LogP contribution < -0.4 is 4.74 Å². The molecular formula is C21H18N2O4. The highest BCUT2D eigenvalue weighted by molar-refractivity contribution is 6.15. The first-order valence-electron chi connectivity index (χ1n) is 8.85. The van der Waals surface area contributed by atoms with Gasteiger partial charge in [0.25, 0.3) is 0 Å². The molecule has 0 fully saturated rings. The Balaban J connectivity index is 1.37. The monoisotopic (exact) mass is 362 g/mol. The Bertz CT molecular complexity index is 1030. The van der Waals surface area contributed by atoms with Crippen LogP contribution in [0.15, 0.2) is 53.5 Å². The number of methoxy groups -OCH3 is 1. The summed E-state index contributed by atoms with van der Waals surface area (Å²) in [5.74, 6) is 2.65. The van der Waals surface area contributed by atoms with Gasteiger partial charge in [-0.3, -0.25) is 9.89 Å². The predicted molar refractivity (Wildman–Crippen MR) is 98.2 cm³/mol. The van der Waals surface area contributed by atoms with Crippen molar-refractivity contribution in [2.75, 3.05) is 13.9 Å². The third-order valence-electron chi connectivity index (χ3n) is 5.16. The minimum atomic E-state index is 0.0627. The van der Waals surface area contributed by atoms with Crippen molar-refractivity contribution in [3.63, 3.8) is 0 Å². The lowest BCUT2D eigenvalue weighted by atomic mass is 9.95. The molecule has 0 amide bonds. The smallest absolute Gasteiger partial charge is 0.230 e. The topological polar surface area (TPSA) is 73.4 Å². The molecule has 1 atom stereocenters. The molecule has 2 aliphatic carbocycles. The fourth-order valence-corrected chi connectivity index (χ4v) is 3.74. The molecule has 6 heteroatoms. The molecule has 2 heterocycles. The van der Waals surface area contributed by atoms with Gasteiger partial charge < -0.3 is 14.2 Å². The van der Waals surface area contributed by atoms with Crippen LogP contribution in [0.3, 0.4) is 0 Å². The van der Waals surface area contributed by atoms with Crippen LogP contribution in [0, 0.1) is 0 Å². The fourth-order valence-electron chi connectivity index (χ4n) is 3.74. The van der Waals surface area contributed by atoms with Gasteiger partial charge >= 0.3 is 0 Å². The van der Waals surface area contributed by atoms with E-state index in [1.807, 2.05) is 36.4 Å². The number of ether oxygens (including phenoxy) is 3. The number of hydrogen-bond acceptors (Lipinski definition) is 5. The number of nitrogens with one attached hydrogen (secondary N) is 1. The number of rotatable bonds is 3. The maximum absolute atomic E-state index is 12.6. The molecule has 1 aromatic carbocycles. The molecule has 136 valence electrons. The number of benzene rings is 1. The van der Waals surface area contributed by atoms with Crippen LogP contribution in [0.5, 0.6) is 5.75 Å². The van der Waals surface area contributed by atoms with E-state index in [0.717, 1.165) is 51.8 Å². The van der Waals surface area contributed by atoms with E-state index < -0.39 is 0 Å². The molecule has 0 radical (unpaired) electrons. The molecule has 1 aromatic heterocycles. The van der Waals surface area contributed by atoms with Crippen molar-refractivity contribution in [1.82, 2.24) is 10.2 Å². The summed E-state index contributed by atoms with van der Waals surface area (Å²) in [6.45, 7) is 0.285. The lowest BCUT2D eigenvalue weighted by molar-refractivity contribution is 0.0724. The van der Waals surface area contributed by atoms with Gasteiger partial charge in [0, 0.05) is 29.9 Å². The molecule has 0 saturated heterocycles. The van der Waals surface area contributed by atoms with Gasteiger partial charge in [-0.1, -0.05) is 6.08 Å². The molecule has 1 aliphatic heterocycles. The highest BCUT2D eigenvalue weighted by atomic mass is 16.7. The quantitative estimate of drug-likeness (QED) is 0.846. The molecule has 0 saturated carbocycles. The zero-order chi connectivity index (χ0) is 18.4. The van der Waals surface area contributed by atoms with Gasteiger partial charge in [-0.2, -0.15) is 5.10 Å². The van der Waals surface area contributed by atoms with Gasteiger partial charge in [0.1, 0.15) is 11.5 Å². The number of aromatic nitrogens is 2. The van der Waals surface area contributed by atoms with Gasteiger partial charge in [-0.15, -0.1) is 0 Å². The predicted octanol–water partition coefficient (Wildman–Crippen LogP) is 3.50. The highest BCUT2D eigenvalue weighted by Crippen LogP contribution is 2.35. The second kappa shape index (κ2) is 6.16. The molecular weight excluding hydrogens is 344 g/mol. The average molecular weight is 362 g/mol. The van der Waals surface area contributed by atoms with Crippen molar-refractivity contribution in [3.8, 4) is 5.75 Å². The Morgan fingerprint density at radius 3 is 3.11 bits per heavy atom. The van der Waals surface area contributed by atoms with Gasteiger partial charge in [0.15, 0.2) is 11.5 Å². The van der Waals surface area contributed by atoms with Gasteiger partial charge in [-0.25, -0.2) is 0 Å². The number of Topliss-reactive ketones (excluding diaryl/α,β-unsaturated/α-hetero) is 1. The Morgan fingerprint density at radius 2 is 2.22 bits per heavy atom. The van der Waals surface area contributed by atoms with Crippen molar-refractivity contribution in [2.45, 2.75) is 18.8 Å². The number of carbonyl (C=O) groups is 1. The average Bonchev–Trinajstić information content (AvgIpc) is 3.41. The lowest BCUT2D eigenvalue weighted by Gasteiger charge is -2.13. The second-order valence-electron chi connectivity index (χ2n) is 6.81. The minimum Gasteiger partial charge on any atom is -0.497 e. The number of allylic oxidation sites excluding steroid dienone is 4. The van der Waals surface area contributed by atoms with Crippen LogP contribution in [0.1, 0.15) is 39.6 Å². The van der Waals surface area contributed by atoms with Crippen molar-refractivity contribution in [1.29, 1.82) is 0 Å². The normalized spacial score (nSPS) is 21.9. The summed E-state index contributed by atoms with van der Waals surface area (Å²) in [6.07, 6.45) is 7.23. The molecule has 0 bridgehead atoms. The second-order valence-corrected chi connectivity index (χ2v) is 6.81. The summed E-state index contributed by atoms with van der Waals surface area (Å²) in [4.78, 5) is 12.6. The van der Waals surface area contributed by atoms with E-state index in [4.69, 9.17) is 14.2 Å². The summed E-state index contributed by atoms with van der Waals surface area (Å²) < 4.78 is 16.1. The number of fused-ring (bicyclic) bond motifs is 1. The zero-order valence-corrected chi connectivity index (χ0v) is 14.8. The number of ketones is 1. The van der Waals surface area contributed by atoms with Crippen LogP contribution >= 0.6 is 0 Å². The highest BCUT2D eigenvalue weighted by Gasteiger charge is 2.27. The molecule has 1 N–H and O–H groups in total. The number of hydrogen-bond donors (Lipinski definition) is 1.